The fourth-order valence-corrected chi connectivity index (χ4v) is 2.30. The lowest BCUT2D eigenvalue weighted by Crippen LogP contribution is -2.26. The molecule has 3 N–H and O–H groups in total. The van der Waals surface area contributed by atoms with Crippen molar-refractivity contribution in [3.63, 3.8) is 0 Å². The summed E-state index contributed by atoms with van der Waals surface area (Å²) < 4.78 is 5.09. The predicted octanol–water partition coefficient (Wildman–Crippen LogP) is 0.817. The first kappa shape index (κ1) is 15.0. The third-order valence-corrected chi connectivity index (χ3v) is 3.75. The minimum absolute atomic E-state index is 0.185. The Bertz CT molecular complexity index is 725. The maximum absolute atomic E-state index is 11.8. The second kappa shape index (κ2) is 6.07. The SMILES string of the molecule is COc1ccc(-c2n[nH]c(CNC(=O)[C@H]3C[C@H]3C(=O)O)n2)cc1. The molecule has 3 rings (SSSR count). The molecule has 2 atom stereocenters. The van der Waals surface area contributed by atoms with Crippen LogP contribution < -0.4 is 10.1 Å². The number of benzene rings is 1. The van der Waals surface area contributed by atoms with Crippen LogP contribution in [0.4, 0.5) is 0 Å². The monoisotopic (exact) mass is 316 g/mol. The fourth-order valence-electron chi connectivity index (χ4n) is 2.30. The van der Waals surface area contributed by atoms with Crippen molar-refractivity contribution in [2.45, 2.75) is 13.0 Å². The smallest absolute Gasteiger partial charge is 0.307 e. The van der Waals surface area contributed by atoms with Crippen molar-refractivity contribution in [2.75, 3.05) is 7.11 Å². The third kappa shape index (κ3) is 3.31. The predicted molar refractivity (Wildman–Crippen MR) is 79.5 cm³/mol. The Labute approximate surface area is 131 Å². The zero-order valence-corrected chi connectivity index (χ0v) is 12.4. The van der Waals surface area contributed by atoms with Crippen LogP contribution in [0.25, 0.3) is 11.4 Å². The first-order valence-corrected chi connectivity index (χ1v) is 7.14. The van der Waals surface area contributed by atoms with E-state index in [9.17, 15) is 9.59 Å². The van der Waals surface area contributed by atoms with E-state index in [1.165, 1.54) is 0 Å². The van der Waals surface area contributed by atoms with Gasteiger partial charge in [0, 0.05) is 5.56 Å². The number of carbonyl (C=O) groups is 2. The highest BCUT2D eigenvalue weighted by atomic mass is 16.5. The van der Waals surface area contributed by atoms with E-state index in [2.05, 4.69) is 20.5 Å². The summed E-state index contributed by atoms with van der Waals surface area (Å²) in [6.45, 7) is 0.185. The van der Waals surface area contributed by atoms with Crippen LogP contribution >= 0.6 is 0 Å². The fraction of sp³-hybridized carbons (Fsp3) is 0.333. The molecule has 0 aliphatic heterocycles. The van der Waals surface area contributed by atoms with Gasteiger partial charge in [0.25, 0.3) is 0 Å². The maximum Gasteiger partial charge on any atom is 0.307 e. The molecule has 1 saturated carbocycles. The number of rotatable bonds is 6. The highest BCUT2D eigenvalue weighted by Crippen LogP contribution is 2.38. The summed E-state index contributed by atoms with van der Waals surface area (Å²) in [4.78, 5) is 26.8. The topological polar surface area (TPSA) is 117 Å². The van der Waals surface area contributed by atoms with Crippen LogP contribution in [0.15, 0.2) is 24.3 Å². The number of carboxylic acids is 1. The van der Waals surface area contributed by atoms with Gasteiger partial charge in [0.15, 0.2) is 5.82 Å². The number of ether oxygens (including phenoxy) is 1. The van der Waals surface area contributed by atoms with Gasteiger partial charge in [-0.1, -0.05) is 0 Å². The van der Waals surface area contributed by atoms with Crippen LogP contribution in [-0.4, -0.2) is 39.3 Å². The van der Waals surface area contributed by atoms with E-state index in [1.54, 1.807) is 7.11 Å². The van der Waals surface area contributed by atoms with E-state index in [1.807, 2.05) is 24.3 Å². The number of aliphatic carboxylic acids is 1. The van der Waals surface area contributed by atoms with E-state index < -0.39 is 17.8 Å². The summed E-state index contributed by atoms with van der Waals surface area (Å²) in [6.07, 6.45) is 0.397. The molecule has 1 aromatic carbocycles. The number of carboxylic acid groups (broad SMARTS) is 1. The summed E-state index contributed by atoms with van der Waals surface area (Å²) in [6, 6.07) is 7.30. The Kier molecular flexibility index (Phi) is 3.96. The van der Waals surface area contributed by atoms with Crippen LogP contribution in [0.5, 0.6) is 5.75 Å². The standard InChI is InChI=1S/C15H16N4O4/c1-23-9-4-2-8(3-5-9)13-17-12(18-19-13)7-16-14(20)10-6-11(10)15(21)22/h2-5,10-11H,6-7H2,1H3,(H,16,20)(H,21,22)(H,17,18,19)/t10-,11+/m0/s1. The molecule has 1 heterocycles. The molecule has 23 heavy (non-hydrogen) atoms. The van der Waals surface area contributed by atoms with Gasteiger partial charge < -0.3 is 15.2 Å². The molecule has 120 valence electrons. The molecule has 0 spiro atoms. The van der Waals surface area contributed by atoms with Gasteiger partial charge in [0.2, 0.25) is 5.91 Å². The van der Waals surface area contributed by atoms with Crippen LogP contribution in [0.3, 0.4) is 0 Å². The molecule has 8 heteroatoms. The number of carbonyl (C=O) groups excluding carboxylic acids is 1. The number of aromatic nitrogens is 3. The van der Waals surface area contributed by atoms with Gasteiger partial charge in [0.05, 0.1) is 25.5 Å². The van der Waals surface area contributed by atoms with Gasteiger partial charge in [-0.05, 0) is 30.7 Å². The Hall–Kier alpha value is -2.90. The number of aromatic amines is 1. The zero-order chi connectivity index (χ0) is 16.4. The number of hydrogen-bond acceptors (Lipinski definition) is 5. The van der Waals surface area contributed by atoms with Gasteiger partial charge in [-0.3, -0.25) is 14.7 Å². The number of amides is 1. The second-order valence-electron chi connectivity index (χ2n) is 5.34. The molecule has 2 aromatic rings. The Balaban J connectivity index is 1.57. The van der Waals surface area contributed by atoms with E-state index in [0.717, 1.165) is 11.3 Å². The lowest BCUT2D eigenvalue weighted by atomic mass is 10.2. The van der Waals surface area contributed by atoms with Crippen LogP contribution in [0.1, 0.15) is 12.2 Å². The number of nitrogens with zero attached hydrogens (tertiary/aromatic N) is 2. The largest absolute Gasteiger partial charge is 0.497 e. The molecule has 1 amide bonds. The molecule has 0 bridgehead atoms. The molecule has 0 saturated heterocycles. The number of H-pyrrole nitrogens is 1. The van der Waals surface area contributed by atoms with Crippen molar-refractivity contribution in [1.82, 2.24) is 20.5 Å². The molecule has 0 unspecified atom stereocenters. The summed E-state index contributed by atoms with van der Waals surface area (Å²) in [5.41, 5.74) is 0.827. The highest BCUT2D eigenvalue weighted by molar-refractivity contribution is 5.89. The Morgan fingerprint density at radius 2 is 2.09 bits per heavy atom. The molecular formula is C15H16N4O4. The molecular weight excluding hydrogens is 300 g/mol. The zero-order valence-electron chi connectivity index (χ0n) is 12.4. The Morgan fingerprint density at radius 1 is 1.35 bits per heavy atom. The number of nitrogens with one attached hydrogen (secondary N) is 2. The van der Waals surface area contributed by atoms with Gasteiger partial charge in [-0.25, -0.2) is 4.98 Å². The van der Waals surface area contributed by atoms with Crippen molar-refractivity contribution in [3.05, 3.63) is 30.1 Å². The van der Waals surface area contributed by atoms with Gasteiger partial charge in [0.1, 0.15) is 11.6 Å². The van der Waals surface area contributed by atoms with Crippen molar-refractivity contribution < 1.29 is 19.4 Å². The third-order valence-electron chi connectivity index (χ3n) is 3.75. The average Bonchev–Trinajstić information content (AvgIpc) is 3.24. The normalized spacial score (nSPS) is 19.2. The quantitative estimate of drug-likeness (QED) is 0.726. The summed E-state index contributed by atoms with van der Waals surface area (Å²) >= 11 is 0. The van der Waals surface area contributed by atoms with E-state index >= 15 is 0 Å². The molecule has 1 fully saturated rings. The molecule has 1 aliphatic rings. The van der Waals surface area contributed by atoms with Crippen LogP contribution in [0.2, 0.25) is 0 Å². The van der Waals surface area contributed by atoms with Gasteiger partial charge in [-0.15, -0.1) is 0 Å². The first-order valence-electron chi connectivity index (χ1n) is 7.14. The van der Waals surface area contributed by atoms with Crippen molar-refractivity contribution in [3.8, 4) is 17.1 Å². The second-order valence-corrected chi connectivity index (χ2v) is 5.34. The van der Waals surface area contributed by atoms with E-state index in [-0.39, 0.29) is 12.5 Å². The van der Waals surface area contributed by atoms with E-state index in [0.29, 0.717) is 18.1 Å². The van der Waals surface area contributed by atoms with Gasteiger partial charge in [-0.2, -0.15) is 5.10 Å². The maximum atomic E-state index is 11.8. The minimum Gasteiger partial charge on any atom is -0.497 e. The number of hydrogen-bond donors (Lipinski definition) is 3. The van der Waals surface area contributed by atoms with Crippen molar-refractivity contribution in [1.29, 1.82) is 0 Å². The van der Waals surface area contributed by atoms with Gasteiger partial charge >= 0.3 is 5.97 Å². The lowest BCUT2D eigenvalue weighted by Gasteiger charge is -2.01. The average molecular weight is 316 g/mol. The molecule has 1 aliphatic carbocycles. The summed E-state index contributed by atoms with van der Waals surface area (Å²) in [5, 5.41) is 18.3. The van der Waals surface area contributed by atoms with Crippen molar-refractivity contribution >= 4 is 11.9 Å². The van der Waals surface area contributed by atoms with E-state index in [4.69, 9.17) is 9.84 Å². The lowest BCUT2D eigenvalue weighted by molar-refractivity contribution is -0.140. The summed E-state index contributed by atoms with van der Waals surface area (Å²) in [5.74, 6) is -0.403. The summed E-state index contributed by atoms with van der Waals surface area (Å²) in [7, 11) is 1.59. The molecule has 0 radical (unpaired) electrons. The molecule has 8 nitrogen and oxygen atoms in total. The van der Waals surface area contributed by atoms with Crippen LogP contribution in [0, 0.1) is 11.8 Å². The number of methoxy groups -OCH3 is 1. The highest BCUT2D eigenvalue weighted by Gasteiger charge is 2.48. The minimum atomic E-state index is -0.924. The van der Waals surface area contributed by atoms with Crippen LogP contribution in [-0.2, 0) is 16.1 Å². The first-order chi connectivity index (χ1) is 11.1. The van der Waals surface area contributed by atoms with Crippen molar-refractivity contribution in [2.24, 2.45) is 11.8 Å². The Morgan fingerprint density at radius 3 is 2.70 bits per heavy atom. The molecule has 1 aromatic heterocycles.